The summed E-state index contributed by atoms with van der Waals surface area (Å²) < 4.78 is 6.25. The molecule has 1 aromatic carbocycles. The summed E-state index contributed by atoms with van der Waals surface area (Å²) in [5.41, 5.74) is 1.59. The zero-order valence-electron chi connectivity index (χ0n) is 17.4. The number of nitrogens with zero attached hydrogens (tertiary/aromatic N) is 2. The number of nitrogens with one attached hydrogen (secondary N) is 3. The van der Waals surface area contributed by atoms with Crippen molar-refractivity contribution in [1.29, 1.82) is 0 Å². The van der Waals surface area contributed by atoms with Crippen LogP contribution in [-0.2, 0) is 20.7 Å². The van der Waals surface area contributed by atoms with Crippen LogP contribution < -0.4 is 21.1 Å². The molecule has 2 amide bonds. The predicted octanol–water partition coefficient (Wildman–Crippen LogP) is 1.76. The molecule has 0 unspecified atom stereocenters. The van der Waals surface area contributed by atoms with Gasteiger partial charge < -0.3 is 20.3 Å². The Morgan fingerprint density at radius 1 is 1.16 bits per heavy atom. The van der Waals surface area contributed by atoms with E-state index in [2.05, 4.69) is 36.5 Å². The number of aromatic nitrogens is 2. The SMILES string of the molecule is Cc1nc(N2CCOCC2)[nH]c(=O)c1CCC(=O)NCCC(=O)Nc1ccc(Br)cc1. The number of anilines is 2. The number of morpholine rings is 1. The van der Waals surface area contributed by atoms with Gasteiger partial charge >= 0.3 is 0 Å². The van der Waals surface area contributed by atoms with Gasteiger partial charge in [-0.1, -0.05) is 15.9 Å². The molecule has 0 atom stereocenters. The van der Waals surface area contributed by atoms with Gasteiger partial charge in [0.25, 0.3) is 5.56 Å². The van der Waals surface area contributed by atoms with Gasteiger partial charge in [-0.2, -0.15) is 0 Å². The first-order valence-electron chi connectivity index (χ1n) is 10.2. The highest BCUT2D eigenvalue weighted by Crippen LogP contribution is 2.14. The molecule has 2 aromatic rings. The molecule has 10 heteroatoms. The molecular formula is C21H26BrN5O4. The Balaban J connectivity index is 1.43. The zero-order valence-corrected chi connectivity index (χ0v) is 19.0. The number of benzene rings is 1. The molecule has 9 nitrogen and oxygen atoms in total. The summed E-state index contributed by atoms with van der Waals surface area (Å²) in [7, 11) is 0. The van der Waals surface area contributed by atoms with Gasteiger partial charge in [-0.15, -0.1) is 0 Å². The van der Waals surface area contributed by atoms with Crippen molar-refractivity contribution in [3.8, 4) is 0 Å². The molecule has 0 bridgehead atoms. The van der Waals surface area contributed by atoms with E-state index in [9.17, 15) is 14.4 Å². The maximum absolute atomic E-state index is 12.5. The number of carbonyl (C=O) groups excluding carboxylic acids is 2. The number of hydrogen-bond donors (Lipinski definition) is 3. The summed E-state index contributed by atoms with van der Waals surface area (Å²) in [5.74, 6) is 0.140. The summed E-state index contributed by atoms with van der Waals surface area (Å²) in [6, 6.07) is 7.25. The van der Waals surface area contributed by atoms with Gasteiger partial charge in [0.05, 0.1) is 13.2 Å². The number of ether oxygens (including phenoxy) is 1. The highest BCUT2D eigenvalue weighted by atomic mass is 79.9. The number of carbonyl (C=O) groups is 2. The molecule has 31 heavy (non-hydrogen) atoms. The van der Waals surface area contributed by atoms with E-state index in [-0.39, 0.29) is 43.2 Å². The Morgan fingerprint density at radius 3 is 2.55 bits per heavy atom. The number of halogens is 1. The summed E-state index contributed by atoms with van der Waals surface area (Å²) >= 11 is 3.34. The first-order valence-corrected chi connectivity index (χ1v) is 11.0. The van der Waals surface area contributed by atoms with Crippen molar-refractivity contribution in [3.63, 3.8) is 0 Å². The Labute approximate surface area is 188 Å². The average Bonchev–Trinajstić information content (AvgIpc) is 2.75. The minimum Gasteiger partial charge on any atom is -0.378 e. The fourth-order valence-electron chi connectivity index (χ4n) is 3.21. The normalized spacial score (nSPS) is 13.7. The first kappa shape index (κ1) is 23.0. The Morgan fingerprint density at radius 2 is 1.87 bits per heavy atom. The quantitative estimate of drug-likeness (QED) is 0.517. The maximum atomic E-state index is 12.5. The number of aryl methyl sites for hydroxylation is 1. The van der Waals surface area contributed by atoms with E-state index in [1.165, 1.54) is 0 Å². The van der Waals surface area contributed by atoms with Crippen molar-refractivity contribution < 1.29 is 14.3 Å². The average molecular weight is 492 g/mol. The number of H-pyrrole nitrogens is 1. The Hall–Kier alpha value is -2.72. The lowest BCUT2D eigenvalue weighted by Crippen LogP contribution is -2.38. The molecule has 2 heterocycles. The van der Waals surface area contributed by atoms with Crippen LogP contribution in [0.15, 0.2) is 33.5 Å². The fourth-order valence-corrected chi connectivity index (χ4v) is 3.48. The standard InChI is InChI=1S/C21H26BrN5O4/c1-14-17(20(30)26-21(24-14)27-10-12-31-13-11-27)6-7-18(28)23-9-8-19(29)25-16-4-2-15(22)3-5-16/h2-5H,6-13H2,1H3,(H,23,28)(H,25,29)(H,24,26,30). The lowest BCUT2D eigenvalue weighted by Gasteiger charge is -2.27. The highest BCUT2D eigenvalue weighted by Gasteiger charge is 2.16. The summed E-state index contributed by atoms with van der Waals surface area (Å²) in [6.07, 6.45) is 0.600. The third-order valence-corrected chi connectivity index (χ3v) is 5.45. The van der Waals surface area contributed by atoms with E-state index in [0.29, 0.717) is 49.2 Å². The van der Waals surface area contributed by atoms with Gasteiger partial charge in [0.1, 0.15) is 0 Å². The van der Waals surface area contributed by atoms with Crippen molar-refractivity contribution in [2.24, 2.45) is 0 Å². The fraction of sp³-hybridized carbons (Fsp3) is 0.429. The third kappa shape index (κ3) is 6.90. The minimum atomic E-state index is -0.226. The van der Waals surface area contributed by atoms with Crippen LogP contribution in [0.3, 0.4) is 0 Å². The summed E-state index contributed by atoms with van der Waals surface area (Å²) in [6.45, 7) is 4.57. The molecule has 3 N–H and O–H groups in total. The molecule has 1 aliphatic rings. The van der Waals surface area contributed by atoms with Crippen LogP contribution in [0, 0.1) is 6.92 Å². The van der Waals surface area contributed by atoms with E-state index in [4.69, 9.17) is 4.74 Å². The van der Waals surface area contributed by atoms with Gasteiger partial charge in [-0.25, -0.2) is 4.98 Å². The van der Waals surface area contributed by atoms with Crippen LogP contribution in [-0.4, -0.2) is 54.6 Å². The third-order valence-electron chi connectivity index (χ3n) is 4.92. The number of aromatic amines is 1. The molecule has 3 rings (SSSR count). The maximum Gasteiger partial charge on any atom is 0.255 e. The second kappa shape index (κ2) is 11.1. The monoisotopic (exact) mass is 491 g/mol. The van der Waals surface area contributed by atoms with Crippen LogP contribution in [0.5, 0.6) is 0 Å². The summed E-state index contributed by atoms with van der Waals surface area (Å²) in [5, 5.41) is 5.49. The van der Waals surface area contributed by atoms with Crippen LogP contribution in [0.25, 0.3) is 0 Å². The molecule has 0 saturated carbocycles. The molecule has 0 spiro atoms. The number of amides is 2. The second-order valence-corrected chi connectivity index (χ2v) is 8.12. The van der Waals surface area contributed by atoms with Crippen molar-refractivity contribution in [1.82, 2.24) is 15.3 Å². The van der Waals surface area contributed by atoms with E-state index in [0.717, 1.165) is 4.47 Å². The van der Waals surface area contributed by atoms with Crippen molar-refractivity contribution in [3.05, 3.63) is 50.3 Å². The highest BCUT2D eigenvalue weighted by molar-refractivity contribution is 9.10. The Kier molecular flexibility index (Phi) is 8.19. The minimum absolute atomic E-state index is 0.150. The molecule has 1 saturated heterocycles. The smallest absolute Gasteiger partial charge is 0.255 e. The van der Waals surface area contributed by atoms with E-state index in [1.54, 1.807) is 19.1 Å². The molecule has 166 valence electrons. The predicted molar refractivity (Wildman–Crippen MR) is 121 cm³/mol. The molecule has 0 aliphatic carbocycles. The molecule has 1 aromatic heterocycles. The van der Waals surface area contributed by atoms with Crippen LogP contribution in [0.4, 0.5) is 11.6 Å². The van der Waals surface area contributed by atoms with Gasteiger partial charge in [-0.3, -0.25) is 19.4 Å². The topological polar surface area (TPSA) is 116 Å². The van der Waals surface area contributed by atoms with Crippen molar-refractivity contribution in [2.75, 3.05) is 43.1 Å². The van der Waals surface area contributed by atoms with E-state index in [1.807, 2.05) is 17.0 Å². The van der Waals surface area contributed by atoms with Crippen molar-refractivity contribution >= 4 is 39.4 Å². The molecule has 1 aliphatic heterocycles. The molecular weight excluding hydrogens is 466 g/mol. The van der Waals surface area contributed by atoms with Gasteiger partial charge in [0, 0.05) is 53.9 Å². The van der Waals surface area contributed by atoms with Crippen LogP contribution in [0.2, 0.25) is 0 Å². The molecule has 0 radical (unpaired) electrons. The largest absolute Gasteiger partial charge is 0.378 e. The Bertz CT molecular complexity index is 971. The van der Waals surface area contributed by atoms with E-state index < -0.39 is 0 Å². The summed E-state index contributed by atoms with van der Waals surface area (Å²) in [4.78, 5) is 45.9. The molecule has 1 fully saturated rings. The number of rotatable bonds is 8. The van der Waals surface area contributed by atoms with Crippen LogP contribution >= 0.6 is 15.9 Å². The number of hydrogen-bond acceptors (Lipinski definition) is 6. The van der Waals surface area contributed by atoms with E-state index >= 15 is 0 Å². The van der Waals surface area contributed by atoms with Gasteiger partial charge in [-0.05, 0) is 37.6 Å². The van der Waals surface area contributed by atoms with Crippen LogP contribution in [0.1, 0.15) is 24.1 Å². The second-order valence-electron chi connectivity index (χ2n) is 7.21. The zero-order chi connectivity index (χ0) is 22.2. The first-order chi connectivity index (χ1) is 14.9. The van der Waals surface area contributed by atoms with Crippen molar-refractivity contribution in [2.45, 2.75) is 26.2 Å². The lowest BCUT2D eigenvalue weighted by molar-refractivity contribution is -0.121. The van der Waals surface area contributed by atoms with Gasteiger partial charge in [0.15, 0.2) is 0 Å². The lowest BCUT2D eigenvalue weighted by atomic mass is 10.1. The van der Waals surface area contributed by atoms with Gasteiger partial charge in [0.2, 0.25) is 17.8 Å².